The first-order valence-electron chi connectivity index (χ1n) is 8.09. The molecule has 1 unspecified atom stereocenters. The monoisotopic (exact) mass is 327 g/mol. The molecule has 0 saturated carbocycles. The fourth-order valence-electron chi connectivity index (χ4n) is 3.46. The van der Waals surface area contributed by atoms with Crippen LogP contribution < -0.4 is 4.74 Å². The number of likely N-dealkylation sites (tertiary alicyclic amines) is 1. The van der Waals surface area contributed by atoms with Crippen LogP contribution in [0.4, 0.5) is 0 Å². The zero-order valence-corrected chi connectivity index (χ0v) is 14.1. The number of fused-ring (bicyclic) bond motifs is 1. The molecule has 1 aliphatic heterocycles. The van der Waals surface area contributed by atoms with Gasteiger partial charge in [-0.15, -0.1) is 11.3 Å². The number of ether oxygens (including phenoxy) is 1. The molecule has 1 aliphatic rings. The number of H-pyrrole nitrogens is 1. The molecule has 4 nitrogen and oxygen atoms in total. The lowest BCUT2D eigenvalue weighted by Gasteiger charge is -2.31. The first-order valence-corrected chi connectivity index (χ1v) is 8.97. The van der Waals surface area contributed by atoms with E-state index in [2.05, 4.69) is 38.4 Å². The Balaban J connectivity index is 1.49. The van der Waals surface area contributed by atoms with Crippen LogP contribution in [0.5, 0.6) is 5.75 Å². The highest BCUT2D eigenvalue weighted by atomic mass is 32.1. The molecule has 4 rings (SSSR count). The zero-order chi connectivity index (χ0) is 15.6. The van der Waals surface area contributed by atoms with Gasteiger partial charge >= 0.3 is 0 Å². The average molecular weight is 327 g/mol. The molecule has 5 heteroatoms. The van der Waals surface area contributed by atoms with Gasteiger partial charge in [0.25, 0.3) is 0 Å². The fraction of sp³-hybridized carbons (Fsp3) is 0.389. The third kappa shape index (κ3) is 3.12. The summed E-state index contributed by atoms with van der Waals surface area (Å²) in [6, 6.07) is 8.42. The predicted octanol–water partition coefficient (Wildman–Crippen LogP) is 4.01. The number of benzene rings is 1. The molecular formula is C18H21N3OS. The van der Waals surface area contributed by atoms with Crippen molar-refractivity contribution in [1.82, 2.24) is 14.9 Å². The smallest absolute Gasteiger partial charge is 0.119 e. The van der Waals surface area contributed by atoms with Crippen LogP contribution in [0.15, 0.2) is 35.8 Å². The van der Waals surface area contributed by atoms with Gasteiger partial charge in [-0.3, -0.25) is 4.90 Å². The Morgan fingerprint density at radius 3 is 3.17 bits per heavy atom. The van der Waals surface area contributed by atoms with Crippen molar-refractivity contribution in [2.24, 2.45) is 0 Å². The van der Waals surface area contributed by atoms with Crippen LogP contribution in [0, 0.1) is 0 Å². The van der Waals surface area contributed by atoms with Crippen molar-refractivity contribution in [3.63, 3.8) is 0 Å². The van der Waals surface area contributed by atoms with Crippen molar-refractivity contribution in [2.75, 3.05) is 20.2 Å². The second-order valence-corrected chi connectivity index (χ2v) is 7.12. The molecule has 0 amide bonds. The van der Waals surface area contributed by atoms with E-state index in [0.29, 0.717) is 5.92 Å². The van der Waals surface area contributed by atoms with E-state index in [0.717, 1.165) is 18.8 Å². The molecule has 23 heavy (non-hydrogen) atoms. The minimum atomic E-state index is 0.591. The van der Waals surface area contributed by atoms with Crippen molar-refractivity contribution in [3.05, 3.63) is 46.5 Å². The van der Waals surface area contributed by atoms with E-state index in [1.807, 2.05) is 12.3 Å². The van der Waals surface area contributed by atoms with Gasteiger partial charge in [0.2, 0.25) is 0 Å². The van der Waals surface area contributed by atoms with Gasteiger partial charge in [0, 0.05) is 47.2 Å². The zero-order valence-electron chi connectivity index (χ0n) is 13.3. The summed E-state index contributed by atoms with van der Waals surface area (Å²) in [4.78, 5) is 10.6. The minimum absolute atomic E-state index is 0.591. The first-order chi connectivity index (χ1) is 11.3. The number of nitrogens with zero attached hydrogens (tertiary/aromatic N) is 2. The SMILES string of the molecule is COc1ccc2[nH]c(CN3CCCC(c4nccs4)C3)cc2c1. The second-order valence-electron chi connectivity index (χ2n) is 6.19. The first kappa shape index (κ1) is 14.7. The summed E-state index contributed by atoms with van der Waals surface area (Å²) >= 11 is 1.79. The molecule has 0 radical (unpaired) electrons. The van der Waals surface area contributed by atoms with Crippen LogP contribution in [0.2, 0.25) is 0 Å². The number of thiazole rings is 1. The largest absolute Gasteiger partial charge is 0.497 e. The molecule has 3 aromatic rings. The molecule has 1 saturated heterocycles. The lowest BCUT2D eigenvalue weighted by molar-refractivity contribution is 0.198. The van der Waals surface area contributed by atoms with Gasteiger partial charge in [0.15, 0.2) is 0 Å². The molecule has 0 spiro atoms. The van der Waals surface area contributed by atoms with Gasteiger partial charge in [-0.25, -0.2) is 4.98 Å². The van der Waals surface area contributed by atoms with Gasteiger partial charge < -0.3 is 9.72 Å². The predicted molar refractivity (Wildman–Crippen MR) is 94.2 cm³/mol. The number of nitrogens with one attached hydrogen (secondary N) is 1. The van der Waals surface area contributed by atoms with Gasteiger partial charge in [-0.2, -0.15) is 0 Å². The molecule has 2 aromatic heterocycles. The number of rotatable bonds is 4. The van der Waals surface area contributed by atoms with Gasteiger partial charge in [-0.05, 0) is 43.7 Å². The summed E-state index contributed by atoms with van der Waals surface area (Å²) < 4.78 is 5.31. The number of hydrogen-bond donors (Lipinski definition) is 1. The van der Waals surface area contributed by atoms with E-state index >= 15 is 0 Å². The lowest BCUT2D eigenvalue weighted by atomic mass is 9.98. The summed E-state index contributed by atoms with van der Waals surface area (Å²) in [5.41, 5.74) is 2.45. The Kier molecular flexibility index (Phi) is 4.06. The Labute approximate surface area is 140 Å². The standard InChI is InChI=1S/C18H21N3OS/c1-22-16-4-5-17-14(10-16)9-15(20-17)12-21-7-2-3-13(11-21)18-19-6-8-23-18/h4-6,8-10,13,20H,2-3,7,11-12H2,1H3. The Bertz CT molecular complexity index is 781. The summed E-state index contributed by atoms with van der Waals surface area (Å²) in [5, 5.41) is 4.59. The molecular weight excluding hydrogens is 306 g/mol. The van der Waals surface area contributed by atoms with E-state index in [9.17, 15) is 0 Å². The van der Waals surface area contributed by atoms with E-state index in [4.69, 9.17) is 4.74 Å². The maximum Gasteiger partial charge on any atom is 0.119 e. The van der Waals surface area contributed by atoms with Crippen LogP contribution in [0.1, 0.15) is 29.5 Å². The molecule has 1 aromatic carbocycles. The number of methoxy groups -OCH3 is 1. The number of piperidine rings is 1. The van der Waals surface area contributed by atoms with E-state index < -0.39 is 0 Å². The number of aromatic nitrogens is 2. The molecule has 1 fully saturated rings. The van der Waals surface area contributed by atoms with Crippen LogP contribution in [-0.4, -0.2) is 35.1 Å². The van der Waals surface area contributed by atoms with Gasteiger partial charge in [0.05, 0.1) is 12.1 Å². The summed E-state index contributed by atoms with van der Waals surface area (Å²) in [7, 11) is 1.71. The summed E-state index contributed by atoms with van der Waals surface area (Å²) in [6.07, 6.45) is 4.43. The Morgan fingerprint density at radius 1 is 1.39 bits per heavy atom. The van der Waals surface area contributed by atoms with Crippen molar-refractivity contribution >= 4 is 22.2 Å². The van der Waals surface area contributed by atoms with E-state index in [1.165, 1.54) is 41.0 Å². The quantitative estimate of drug-likeness (QED) is 0.787. The highest BCUT2D eigenvalue weighted by molar-refractivity contribution is 7.09. The van der Waals surface area contributed by atoms with Crippen molar-refractivity contribution in [1.29, 1.82) is 0 Å². The minimum Gasteiger partial charge on any atom is -0.497 e. The highest BCUT2D eigenvalue weighted by Crippen LogP contribution is 2.29. The topological polar surface area (TPSA) is 41.1 Å². The maximum absolute atomic E-state index is 5.31. The summed E-state index contributed by atoms with van der Waals surface area (Å²) in [5.74, 6) is 1.50. The average Bonchev–Trinajstić information content (AvgIpc) is 3.23. The Hall–Kier alpha value is -1.85. The highest BCUT2D eigenvalue weighted by Gasteiger charge is 2.23. The third-order valence-electron chi connectivity index (χ3n) is 4.58. The molecule has 3 heterocycles. The number of aromatic amines is 1. The normalized spacial score (nSPS) is 19.3. The molecule has 1 N–H and O–H groups in total. The van der Waals surface area contributed by atoms with E-state index in [-0.39, 0.29) is 0 Å². The van der Waals surface area contributed by atoms with Crippen molar-refractivity contribution in [2.45, 2.75) is 25.3 Å². The lowest BCUT2D eigenvalue weighted by Crippen LogP contribution is -2.33. The maximum atomic E-state index is 5.31. The van der Waals surface area contributed by atoms with Crippen molar-refractivity contribution < 1.29 is 4.74 Å². The van der Waals surface area contributed by atoms with Crippen LogP contribution in [-0.2, 0) is 6.54 Å². The number of hydrogen-bond acceptors (Lipinski definition) is 4. The molecule has 1 atom stereocenters. The van der Waals surface area contributed by atoms with Gasteiger partial charge in [-0.1, -0.05) is 0 Å². The summed E-state index contributed by atoms with van der Waals surface area (Å²) in [6.45, 7) is 3.24. The second kappa shape index (κ2) is 6.34. The Morgan fingerprint density at radius 2 is 2.35 bits per heavy atom. The van der Waals surface area contributed by atoms with Crippen LogP contribution in [0.3, 0.4) is 0 Å². The molecule has 0 aliphatic carbocycles. The third-order valence-corrected chi connectivity index (χ3v) is 5.52. The van der Waals surface area contributed by atoms with Crippen LogP contribution >= 0.6 is 11.3 Å². The molecule has 120 valence electrons. The molecule has 0 bridgehead atoms. The van der Waals surface area contributed by atoms with E-state index in [1.54, 1.807) is 18.4 Å². The van der Waals surface area contributed by atoms with Crippen molar-refractivity contribution in [3.8, 4) is 5.75 Å². The fourth-order valence-corrected chi connectivity index (χ4v) is 4.23. The van der Waals surface area contributed by atoms with Gasteiger partial charge in [0.1, 0.15) is 5.75 Å². The van der Waals surface area contributed by atoms with Crippen LogP contribution in [0.25, 0.3) is 10.9 Å².